The first-order chi connectivity index (χ1) is 10.5. The molecule has 1 atom stereocenters. The summed E-state index contributed by atoms with van der Waals surface area (Å²) in [4.78, 5) is 25.9. The maximum absolute atomic E-state index is 12.2. The highest BCUT2D eigenvalue weighted by atomic mass is 35.5. The molecule has 0 spiro atoms. The number of carbonyl (C=O) groups excluding carboxylic acids is 2. The van der Waals surface area contributed by atoms with Gasteiger partial charge in [-0.05, 0) is 18.2 Å². The summed E-state index contributed by atoms with van der Waals surface area (Å²) in [6.45, 7) is 2.91. The van der Waals surface area contributed by atoms with Crippen LogP contribution in [-0.2, 0) is 9.59 Å². The van der Waals surface area contributed by atoms with E-state index in [1.807, 2.05) is 0 Å². The number of hydrogen-bond donors (Lipinski definition) is 2. The van der Waals surface area contributed by atoms with Gasteiger partial charge in [0.15, 0.2) is 0 Å². The molecule has 5 nitrogen and oxygen atoms in total. The van der Waals surface area contributed by atoms with Crippen LogP contribution in [0.5, 0.6) is 0 Å². The third kappa shape index (κ3) is 3.37. The Balaban J connectivity index is 1.63. The molecule has 2 aliphatic heterocycles. The first-order valence-electron chi connectivity index (χ1n) is 7.28. The van der Waals surface area contributed by atoms with E-state index in [2.05, 4.69) is 10.6 Å². The van der Waals surface area contributed by atoms with Gasteiger partial charge < -0.3 is 15.5 Å². The summed E-state index contributed by atoms with van der Waals surface area (Å²) in [6.07, 6.45) is 0.221. The van der Waals surface area contributed by atoms with Gasteiger partial charge in [0.25, 0.3) is 0 Å². The molecular formula is C15H17Cl2N3O2. The zero-order chi connectivity index (χ0) is 15.7. The molecule has 2 fully saturated rings. The number of amides is 2. The lowest BCUT2D eigenvalue weighted by atomic mass is 10.0. The molecule has 22 heavy (non-hydrogen) atoms. The van der Waals surface area contributed by atoms with Gasteiger partial charge in [-0.25, -0.2) is 0 Å². The highest BCUT2D eigenvalue weighted by Gasteiger charge is 2.35. The monoisotopic (exact) mass is 341 g/mol. The molecule has 2 N–H and O–H groups in total. The van der Waals surface area contributed by atoms with Gasteiger partial charge in [0.1, 0.15) is 0 Å². The summed E-state index contributed by atoms with van der Waals surface area (Å²) in [5, 5.41) is 7.04. The highest BCUT2D eigenvalue weighted by Crippen LogP contribution is 2.30. The van der Waals surface area contributed by atoms with Crippen molar-refractivity contribution in [1.29, 1.82) is 0 Å². The van der Waals surface area contributed by atoms with E-state index >= 15 is 0 Å². The fraction of sp³-hybridized carbons (Fsp3) is 0.467. The number of hydrogen-bond acceptors (Lipinski definition) is 3. The summed E-state index contributed by atoms with van der Waals surface area (Å²) < 4.78 is 0. The van der Waals surface area contributed by atoms with Crippen LogP contribution in [0.2, 0.25) is 10.0 Å². The molecule has 1 unspecified atom stereocenters. The predicted octanol–water partition coefficient (Wildman–Crippen LogP) is 1.68. The first kappa shape index (κ1) is 15.6. The topological polar surface area (TPSA) is 61.4 Å². The lowest BCUT2D eigenvalue weighted by molar-refractivity contribution is -0.126. The molecule has 2 heterocycles. The summed E-state index contributed by atoms with van der Waals surface area (Å²) >= 11 is 11.9. The van der Waals surface area contributed by atoms with Gasteiger partial charge in [-0.1, -0.05) is 23.2 Å². The summed E-state index contributed by atoms with van der Waals surface area (Å²) in [5.74, 6) is 0.0434. The zero-order valence-corrected chi connectivity index (χ0v) is 13.5. The van der Waals surface area contributed by atoms with Crippen molar-refractivity contribution in [3.8, 4) is 0 Å². The second-order valence-corrected chi connectivity index (χ2v) is 6.68. The molecule has 0 bridgehead atoms. The Hall–Kier alpha value is -1.30. The van der Waals surface area contributed by atoms with Crippen molar-refractivity contribution in [1.82, 2.24) is 10.6 Å². The van der Waals surface area contributed by atoms with Crippen molar-refractivity contribution < 1.29 is 9.59 Å². The summed E-state index contributed by atoms with van der Waals surface area (Å²) in [5.41, 5.74) is 0.640. The first-order valence-corrected chi connectivity index (χ1v) is 8.03. The van der Waals surface area contributed by atoms with E-state index in [0.29, 0.717) is 34.7 Å². The average molecular weight is 342 g/mol. The minimum Gasteiger partial charge on any atom is -0.355 e. The van der Waals surface area contributed by atoms with Crippen LogP contribution in [0, 0.1) is 11.8 Å². The molecule has 1 aromatic carbocycles. The molecule has 0 saturated carbocycles. The second-order valence-electron chi connectivity index (χ2n) is 5.80. The Morgan fingerprint density at radius 2 is 1.95 bits per heavy atom. The molecule has 7 heteroatoms. The lowest BCUT2D eigenvalue weighted by Crippen LogP contribution is -2.49. The Morgan fingerprint density at radius 1 is 1.27 bits per heavy atom. The normalized spacial score (nSPS) is 21.8. The zero-order valence-electron chi connectivity index (χ0n) is 11.9. The Kier molecular flexibility index (Phi) is 4.57. The summed E-state index contributed by atoms with van der Waals surface area (Å²) in [6, 6.07) is 4.99. The minimum atomic E-state index is -0.321. The van der Waals surface area contributed by atoms with Crippen molar-refractivity contribution in [3.05, 3.63) is 28.2 Å². The van der Waals surface area contributed by atoms with Crippen molar-refractivity contribution in [2.24, 2.45) is 11.8 Å². The number of rotatable bonds is 4. The van der Waals surface area contributed by atoms with E-state index in [1.165, 1.54) is 0 Å². The fourth-order valence-corrected chi connectivity index (χ4v) is 3.22. The van der Waals surface area contributed by atoms with Crippen molar-refractivity contribution in [3.63, 3.8) is 0 Å². The third-order valence-corrected chi connectivity index (χ3v) is 4.52. The molecule has 0 aromatic heterocycles. The van der Waals surface area contributed by atoms with Gasteiger partial charge in [0.2, 0.25) is 11.8 Å². The molecule has 2 aliphatic rings. The fourth-order valence-electron chi connectivity index (χ4n) is 2.71. The van der Waals surface area contributed by atoms with Crippen LogP contribution >= 0.6 is 23.2 Å². The number of nitrogens with zero attached hydrogens (tertiary/aromatic N) is 1. The van der Waals surface area contributed by atoms with E-state index in [0.717, 1.165) is 13.1 Å². The van der Waals surface area contributed by atoms with Gasteiger partial charge in [-0.3, -0.25) is 9.59 Å². The molecule has 3 rings (SSSR count). The van der Waals surface area contributed by atoms with E-state index in [-0.39, 0.29) is 24.2 Å². The predicted molar refractivity (Wildman–Crippen MR) is 86.3 cm³/mol. The van der Waals surface area contributed by atoms with Crippen LogP contribution in [0.15, 0.2) is 18.2 Å². The number of halogens is 2. The number of benzene rings is 1. The Labute approximate surface area is 138 Å². The molecular weight excluding hydrogens is 325 g/mol. The van der Waals surface area contributed by atoms with E-state index in [1.54, 1.807) is 23.1 Å². The van der Waals surface area contributed by atoms with E-state index < -0.39 is 0 Å². The maximum atomic E-state index is 12.2. The smallest absolute Gasteiger partial charge is 0.227 e. The van der Waals surface area contributed by atoms with Gasteiger partial charge >= 0.3 is 0 Å². The molecule has 0 radical (unpaired) electrons. The molecule has 2 saturated heterocycles. The van der Waals surface area contributed by atoms with Gasteiger partial charge in [0.05, 0.1) is 5.92 Å². The molecule has 118 valence electrons. The van der Waals surface area contributed by atoms with Crippen LogP contribution < -0.4 is 15.5 Å². The Bertz CT molecular complexity index is 584. The quantitative estimate of drug-likeness (QED) is 0.875. The highest BCUT2D eigenvalue weighted by molar-refractivity contribution is 6.35. The van der Waals surface area contributed by atoms with Gasteiger partial charge in [0, 0.05) is 54.3 Å². The number of nitrogens with one attached hydrogen (secondary N) is 2. The Morgan fingerprint density at radius 3 is 2.55 bits per heavy atom. The average Bonchev–Trinajstić information content (AvgIpc) is 2.78. The van der Waals surface area contributed by atoms with Gasteiger partial charge in [-0.2, -0.15) is 0 Å². The molecule has 1 aromatic rings. The molecule has 2 amide bonds. The molecule has 0 aliphatic carbocycles. The minimum absolute atomic E-state index is 0.0594. The van der Waals surface area contributed by atoms with Crippen molar-refractivity contribution in [2.75, 3.05) is 31.1 Å². The van der Waals surface area contributed by atoms with Crippen LogP contribution in [0.1, 0.15) is 6.42 Å². The standard InChI is InChI=1S/C15H17Cl2N3O2/c16-11-2-12(17)4-13(3-11)20-8-10(1-14(20)21)15(22)19-7-9-5-18-6-9/h2-4,9-10,18H,1,5-8H2,(H,19,22). The summed E-state index contributed by atoms with van der Waals surface area (Å²) in [7, 11) is 0. The second kappa shape index (κ2) is 6.44. The van der Waals surface area contributed by atoms with Gasteiger partial charge in [-0.15, -0.1) is 0 Å². The van der Waals surface area contributed by atoms with E-state index in [9.17, 15) is 9.59 Å². The van der Waals surface area contributed by atoms with Crippen LogP contribution in [-0.4, -0.2) is 38.0 Å². The van der Waals surface area contributed by atoms with Crippen LogP contribution in [0.25, 0.3) is 0 Å². The maximum Gasteiger partial charge on any atom is 0.227 e. The van der Waals surface area contributed by atoms with E-state index in [4.69, 9.17) is 23.2 Å². The van der Waals surface area contributed by atoms with Crippen molar-refractivity contribution >= 4 is 40.7 Å². The largest absolute Gasteiger partial charge is 0.355 e. The van der Waals surface area contributed by atoms with Crippen molar-refractivity contribution in [2.45, 2.75) is 6.42 Å². The SMILES string of the molecule is O=C(NCC1CNC1)C1CC(=O)N(c2cc(Cl)cc(Cl)c2)C1. The van der Waals surface area contributed by atoms with Crippen LogP contribution in [0.4, 0.5) is 5.69 Å². The third-order valence-electron chi connectivity index (χ3n) is 4.09. The van der Waals surface area contributed by atoms with Crippen LogP contribution in [0.3, 0.4) is 0 Å². The number of anilines is 1. The number of carbonyl (C=O) groups is 2. The lowest BCUT2D eigenvalue weighted by Gasteiger charge is -2.27.